The van der Waals surface area contributed by atoms with Crippen molar-refractivity contribution in [3.8, 4) is 0 Å². The highest BCUT2D eigenvalue weighted by Gasteiger charge is 2.36. The molecular formula is C20H23ClN2S. The highest BCUT2D eigenvalue weighted by atomic mass is 35.5. The molecule has 4 heteroatoms. The molecule has 0 aromatic heterocycles. The van der Waals surface area contributed by atoms with E-state index in [-0.39, 0.29) is 0 Å². The van der Waals surface area contributed by atoms with Crippen LogP contribution >= 0.6 is 23.4 Å². The van der Waals surface area contributed by atoms with Crippen LogP contribution in [-0.4, -0.2) is 30.6 Å². The van der Waals surface area contributed by atoms with Crippen LogP contribution in [0.4, 0.5) is 11.4 Å². The first-order valence-electron chi connectivity index (χ1n) is 8.60. The third kappa shape index (κ3) is 2.73. The molecule has 2 aromatic carbocycles. The van der Waals surface area contributed by atoms with Crippen molar-refractivity contribution in [1.29, 1.82) is 0 Å². The second kappa shape index (κ2) is 6.29. The van der Waals surface area contributed by atoms with Gasteiger partial charge in [-0.2, -0.15) is 0 Å². The van der Waals surface area contributed by atoms with Gasteiger partial charge in [0.2, 0.25) is 0 Å². The van der Waals surface area contributed by atoms with Gasteiger partial charge >= 0.3 is 0 Å². The monoisotopic (exact) mass is 358 g/mol. The quantitative estimate of drug-likeness (QED) is 0.682. The molecule has 2 aliphatic rings. The van der Waals surface area contributed by atoms with Crippen LogP contribution in [0.2, 0.25) is 5.02 Å². The van der Waals surface area contributed by atoms with Gasteiger partial charge in [0.15, 0.2) is 0 Å². The maximum atomic E-state index is 6.32. The minimum absolute atomic E-state index is 0.601. The van der Waals surface area contributed by atoms with E-state index in [0.29, 0.717) is 18.0 Å². The molecule has 4 rings (SSSR count). The zero-order valence-corrected chi connectivity index (χ0v) is 15.9. The number of likely N-dealkylation sites (tertiary alicyclic amines) is 1. The summed E-state index contributed by atoms with van der Waals surface area (Å²) in [4.78, 5) is 7.62. The van der Waals surface area contributed by atoms with Gasteiger partial charge in [-0.05, 0) is 63.6 Å². The van der Waals surface area contributed by atoms with Gasteiger partial charge < -0.3 is 9.80 Å². The number of hydrogen-bond donors (Lipinski definition) is 0. The average molecular weight is 359 g/mol. The number of benzene rings is 2. The molecule has 126 valence electrons. The van der Waals surface area contributed by atoms with E-state index >= 15 is 0 Å². The van der Waals surface area contributed by atoms with Crippen molar-refractivity contribution in [1.82, 2.24) is 4.90 Å². The summed E-state index contributed by atoms with van der Waals surface area (Å²) in [5, 5.41) is 0.809. The van der Waals surface area contributed by atoms with Crippen LogP contribution < -0.4 is 4.90 Å². The molecule has 2 aliphatic heterocycles. The fraction of sp³-hybridized carbons (Fsp3) is 0.400. The molecule has 1 fully saturated rings. The van der Waals surface area contributed by atoms with E-state index in [4.69, 9.17) is 11.6 Å². The third-order valence-corrected chi connectivity index (χ3v) is 7.03. The molecule has 0 bridgehead atoms. The number of para-hydroxylation sites is 1. The number of rotatable bonds is 2. The number of fused-ring (bicyclic) bond motifs is 2. The van der Waals surface area contributed by atoms with Gasteiger partial charge in [-0.3, -0.25) is 0 Å². The highest BCUT2D eigenvalue weighted by Crippen LogP contribution is 2.49. The molecule has 0 aliphatic carbocycles. The minimum atomic E-state index is 0.601. The molecule has 0 saturated carbocycles. The maximum Gasteiger partial charge on any atom is 0.0567 e. The Morgan fingerprint density at radius 1 is 1.08 bits per heavy atom. The van der Waals surface area contributed by atoms with Crippen molar-refractivity contribution in [3.63, 3.8) is 0 Å². The predicted molar refractivity (Wildman–Crippen MR) is 104 cm³/mol. The van der Waals surface area contributed by atoms with Gasteiger partial charge in [0.1, 0.15) is 0 Å². The number of hydrogen-bond acceptors (Lipinski definition) is 3. The Kier molecular flexibility index (Phi) is 4.27. The summed E-state index contributed by atoms with van der Waals surface area (Å²) in [7, 11) is 2.25. The Bertz CT molecular complexity index is 763. The largest absolute Gasteiger partial charge is 0.339 e. The van der Waals surface area contributed by atoms with E-state index in [0.717, 1.165) is 11.6 Å². The van der Waals surface area contributed by atoms with E-state index in [1.165, 1.54) is 27.6 Å². The molecule has 2 aromatic rings. The van der Waals surface area contributed by atoms with Gasteiger partial charge in [-0.25, -0.2) is 0 Å². The predicted octanol–water partition coefficient (Wildman–Crippen LogP) is 5.67. The van der Waals surface area contributed by atoms with E-state index in [2.05, 4.69) is 67.1 Å². The summed E-state index contributed by atoms with van der Waals surface area (Å²) >= 11 is 8.16. The topological polar surface area (TPSA) is 6.48 Å². The van der Waals surface area contributed by atoms with E-state index in [1.807, 2.05) is 17.8 Å². The normalized spacial score (nSPS) is 26.3. The fourth-order valence-electron chi connectivity index (χ4n) is 4.00. The van der Waals surface area contributed by atoms with E-state index in [1.54, 1.807) is 0 Å². The first kappa shape index (κ1) is 16.3. The zero-order valence-electron chi connectivity index (χ0n) is 14.4. The minimum Gasteiger partial charge on any atom is -0.339 e. The standard InChI is InChI=1S/C20H23ClN2S/c1-13-10-15(14(2)22(13)3)12-23-17-6-4-5-7-19(17)24-20-9-8-16(21)11-18(20)23/h4-9,11,13-15H,10,12H2,1-3H3. The van der Waals surface area contributed by atoms with Crippen LogP contribution in [0, 0.1) is 5.92 Å². The van der Waals surface area contributed by atoms with Gasteiger partial charge in [0.25, 0.3) is 0 Å². The molecule has 0 N–H and O–H groups in total. The van der Waals surface area contributed by atoms with E-state index < -0.39 is 0 Å². The number of halogens is 1. The molecule has 2 nitrogen and oxygen atoms in total. The maximum absolute atomic E-state index is 6.32. The lowest BCUT2D eigenvalue weighted by Crippen LogP contribution is -2.35. The SMILES string of the molecule is CC1CC(CN2c3ccccc3Sc3ccc(Cl)cc32)C(C)N1C. The molecule has 24 heavy (non-hydrogen) atoms. The molecule has 2 heterocycles. The first-order chi connectivity index (χ1) is 11.5. The molecule has 1 saturated heterocycles. The Hall–Kier alpha value is -1.16. The summed E-state index contributed by atoms with van der Waals surface area (Å²) in [6.45, 7) is 5.74. The van der Waals surface area contributed by atoms with E-state index in [9.17, 15) is 0 Å². The lowest BCUT2D eigenvalue weighted by Gasteiger charge is -2.35. The molecule has 0 amide bonds. The van der Waals surface area contributed by atoms with Crippen molar-refractivity contribution in [2.75, 3.05) is 18.5 Å². The Labute approximate surface area is 153 Å². The second-order valence-corrected chi connectivity index (χ2v) is 8.56. The molecule has 0 radical (unpaired) electrons. The Balaban J connectivity index is 1.73. The first-order valence-corrected chi connectivity index (χ1v) is 9.80. The van der Waals surface area contributed by atoms with Gasteiger partial charge in [0.05, 0.1) is 11.4 Å². The van der Waals surface area contributed by atoms with Gasteiger partial charge in [0, 0.05) is 33.4 Å². The number of anilines is 2. The molecular weight excluding hydrogens is 336 g/mol. The van der Waals surface area contributed by atoms with Gasteiger partial charge in [-0.15, -0.1) is 0 Å². The van der Waals surface area contributed by atoms with Crippen LogP contribution in [0.15, 0.2) is 52.3 Å². The molecule has 3 unspecified atom stereocenters. The van der Waals surface area contributed by atoms with Crippen LogP contribution in [0.3, 0.4) is 0 Å². The summed E-state index contributed by atoms with van der Waals surface area (Å²) in [5.74, 6) is 0.660. The third-order valence-electron chi connectivity index (χ3n) is 5.67. The lowest BCUT2D eigenvalue weighted by molar-refractivity contribution is 0.250. The summed E-state index contributed by atoms with van der Waals surface area (Å²) < 4.78 is 0. The zero-order chi connectivity index (χ0) is 16.8. The number of nitrogens with zero attached hydrogens (tertiary/aromatic N) is 2. The van der Waals surface area contributed by atoms with Gasteiger partial charge in [-0.1, -0.05) is 35.5 Å². The van der Waals surface area contributed by atoms with Crippen LogP contribution in [0.5, 0.6) is 0 Å². The smallest absolute Gasteiger partial charge is 0.0567 e. The Morgan fingerprint density at radius 3 is 2.58 bits per heavy atom. The lowest BCUT2D eigenvalue weighted by atomic mass is 9.99. The van der Waals surface area contributed by atoms with Crippen molar-refractivity contribution >= 4 is 34.7 Å². The van der Waals surface area contributed by atoms with Crippen molar-refractivity contribution in [2.24, 2.45) is 5.92 Å². The Morgan fingerprint density at radius 2 is 1.83 bits per heavy atom. The fourth-order valence-corrected chi connectivity index (χ4v) is 5.24. The highest BCUT2D eigenvalue weighted by molar-refractivity contribution is 7.99. The average Bonchev–Trinajstić information content (AvgIpc) is 2.82. The van der Waals surface area contributed by atoms with Crippen LogP contribution in [-0.2, 0) is 0 Å². The second-order valence-electron chi connectivity index (χ2n) is 7.04. The summed E-state index contributed by atoms with van der Waals surface area (Å²) in [6, 6.07) is 16.2. The van der Waals surface area contributed by atoms with Crippen molar-refractivity contribution in [2.45, 2.75) is 42.1 Å². The summed E-state index contributed by atoms with van der Waals surface area (Å²) in [5.41, 5.74) is 2.56. The van der Waals surface area contributed by atoms with Crippen LogP contribution in [0.25, 0.3) is 0 Å². The van der Waals surface area contributed by atoms with Crippen LogP contribution in [0.1, 0.15) is 20.3 Å². The molecule has 3 atom stereocenters. The molecule has 0 spiro atoms. The summed E-state index contributed by atoms with van der Waals surface area (Å²) in [6.07, 6.45) is 1.25. The van der Waals surface area contributed by atoms with Crippen molar-refractivity contribution < 1.29 is 0 Å². The van der Waals surface area contributed by atoms with Crippen molar-refractivity contribution in [3.05, 3.63) is 47.5 Å².